The Hall–Kier alpha value is -3.20. The van der Waals surface area contributed by atoms with E-state index in [4.69, 9.17) is 5.11 Å². The smallest absolute Gasteiger partial charge is 0.337 e. The van der Waals surface area contributed by atoms with Gasteiger partial charge in [0.1, 0.15) is 0 Å². The molecule has 0 atom stereocenters. The fourth-order valence-corrected chi connectivity index (χ4v) is 4.01. The minimum absolute atomic E-state index is 0.0108. The van der Waals surface area contributed by atoms with Crippen LogP contribution in [0.4, 0.5) is 5.69 Å². The summed E-state index contributed by atoms with van der Waals surface area (Å²) in [4.78, 5) is 48.5. The molecule has 0 unspecified atom stereocenters. The van der Waals surface area contributed by atoms with Crippen LogP contribution >= 0.6 is 11.3 Å². The monoisotopic (exact) mass is 387 g/mol. The normalized spacial score (nSPS) is 12.6. The zero-order chi connectivity index (χ0) is 19.4. The van der Waals surface area contributed by atoms with Crippen LogP contribution in [0, 0.1) is 0 Å². The van der Waals surface area contributed by atoms with E-state index in [-0.39, 0.29) is 11.3 Å². The van der Waals surface area contributed by atoms with Gasteiger partial charge < -0.3 is 10.4 Å². The summed E-state index contributed by atoms with van der Waals surface area (Å²) in [5, 5.41) is 13.1. The number of para-hydroxylation sites is 1. The Kier molecular flexibility index (Phi) is 5.51. The third-order valence-electron chi connectivity index (χ3n) is 4.21. The number of thiophene rings is 1. The second-order valence-electron chi connectivity index (χ2n) is 5.97. The van der Waals surface area contributed by atoms with Gasteiger partial charge in [-0.1, -0.05) is 12.1 Å². The Morgan fingerprint density at radius 3 is 2.44 bits per heavy atom. The molecule has 27 heavy (non-hydrogen) atoms. The van der Waals surface area contributed by atoms with E-state index < -0.39 is 23.7 Å². The highest BCUT2D eigenvalue weighted by Crippen LogP contribution is 2.29. The fourth-order valence-electron chi connectivity index (χ4n) is 2.88. The van der Waals surface area contributed by atoms with Gasteiger partial charge in [0.05, 0.1) is 16.8 Å². The highest BCUT2D eigenvalue weighted by molar-refractivity contribution is 7.10. The molecule has 0 fully saturated rings. The molecule has 0 bridgehead atoms. The van der Waals surface area contributed by atoms with Gasteiger partial charge in [0, 0.05) is 10.3 Å². The first-order valence-corrected chi connectivity index (χ1v) is 9.18. The summed E-state index contributed by atoms with van der Waals surface area (Å²) in [7, 11) is 0. The molecule has 0 saturated heterocycles. The largest absolute Gasteiger partial charge is 0.478 e. The molecular weight excluding hydrogens is 370 g/mol. The van der Waals surface area contributed by atoms with E-state index in [1.807, 2.05) is 0 Å². The third-order valence-corrected chi connectivity index (χ3v) is 5.30. The average Bonchev–Trinajstić information content (AvgIpc) is 3.10. The van der Waals surface area contributed by atoms with Crippen LogP contribution in [0.15, 0.2) is 29.6 Å². The Bertz CT molecular complexity index is 921. The van der Waals surface area contributed by atoms with Gasteiger partial charge >= 0.3 is 17.8 Å². The standard InChI is InChI=1S/C18H17N3O5S/c22-15(12-9-27-14-8-4-2-5-10(12)14)20-21-17(24)16(23)19-13-7-3-1-6-11(13)18(25)26/h1,3,6-7,9H,2,4-5,8H2,(H,19,23)(H,20,22)(H,21,24)(H,25,26). The van der Waals surface area contributed by atoms with Crippen molar-refractivity contribution < 1.29 is 24.3 Å². The maximum absolute atomic E-state index is 12.3. The lowest BCUT2D eigenvalue weighted by molar-refractivity contribution is -0.136. The van der Waals surface area contributed by atoms with Gasteiger partial charge in [-0.15, -0.1) is 11.3 Å². The minimum Gasteiger partial charge on any atom is -0.478 e. The van der Waals surface area contributed by atoms with Crippen molar-refractivity contribution in [2.24, 2.45) is 0 Å². The highest BCUT2D eigenvalue weighted by atomic mass is 32.1. The van der Waals surface area contributed by atoms with Crippen molar-refractivity contribution in [1.29, 1.82) is 0 Å². The van der Waals surface area contributed by atoms with Crippen LogP contribution in [0.25, 0.3) is 0 Å². The number of hydrogen-bond acceptors (Lipinski definition) is 5. The van der Waals surface area contributed by atoms with E-state index in [0.29, 0.717) is 5.56 Å². The first-order chi connectivity index (χ1) is 13.0. The number of rotatable bonds is 3. The number of hydrogen-bond donors (Lipinski definition) is 4. The predicted octanol–water partition coefficient (Wildman–Crippen LogP) is 1.72. The molecule has 1 aromatic carbocycles. The predicted molar refractivity (Wildman–Crippen MR) is 98.6 cm³/mol. The first kappa shape index (κ1) is 18.6. The zero-order valence-electron chi connectivity index (χ0n) is 14.2. The Morgan fingerprint density at radius 2 is 1.67 bits per heavy atom. The van der Waals surface area contributed by atoms with Crippen molar-refractivity contribution in [3.8, 4) is 0 Å². The van der Waals surface area contributed by atoms with E-state index in [0.717, 1.165) is 31.2 Å². The van der Waals surface area contributed by atoms with Crippen LogP contribution in [-0.4, -0.2) is 28.8 Å². The summed E-state index contributed by atoms with van der Waals surface area (Å²) < 4.78 is 0. The van der Waals surface area contributed by atoms with Gasteiger partial charge in [-0.3, -0.25) is 25.2 Å². The number of aromatic carboxylic acids is 1. The molecule has 1 aliphatic rings. The summed E-state index contributed by atoms with van der Waals surface area (Å²) in [5.74, 6) is -3.91. The van der Waals surface area contributed by atoms with Crippen molar-refractivity contribution in [3.05, 3.63) is 51.2 Å². The zero-order valence-corrected chi connectivity index (χ0v) is 15.0. The maximum Gasteiger partial charge on any atom is 0.337 e. The lowest BCUT2D eigenvalue weighted by Gasteiger charge is -2.13. The number of carbonyl (C=O) groups is 4. The minimum atomic E-state index is -1.23. The van der Waals surface area contributed by atoms with Crippen LogP contribution in [0.2, 0.25) is 0 Å². The summed E-state index contributed by atoms with van der Waals surface area (Å²) in [5.41, 5.74) is 5.63. The number of hydrazine groups is 1. The van der Waals surface area contributed by atoms with E-state index in [9.17, 15) is 19.2 Å². The molecule has 3 rings (SSSR count). The quantitative estimate of drug-likeness (QED) is 0.471. The molecule has 9 heteroatoms. The van der Waals surface area contributed by atoms with Crippen molar-refractivity contribution in [2.45, 2.75) is 25.7 Å². The van der Waals surface area contributed by atoms with Gasteiger partial charge in [0.15, 0.2) is 0 Å². The second kappa shape index (κ2) is 8.00. The molecule has 0 radical (unpaired) electrons. The van der Waals surface area contributed by atoms with Crippen LogP contribution in [0.1, 0.15) is 44.0 Å². The molecule has 0 aliphatic heterocycles. The molecule has 1 aliphatic carbocycles. The molecule has 140 valence electrons. The Morgan fingerprint density at radius 1 is 0.926 bits per heavy atom. The molecule has 1 heterocycles. The van der Waals surface area contributed by atoms with Crippen LogP contribution in [0.5, 0.6) is 0 Å². The van der Waals surface area contributed by atoms with Crippen molar-refractivity contribution >= 4 is 40.7 Å². The number of fused-ring (bicyclic) bond motifs is 1. The molecule has 3 amide bonds. The van der Waals surface area contributed by atoms with Gasteiger partial charge in [-0.25, -0.2) is 4.79 Å². The first-order valence-electron chi connectivity index (χ1n) is 8.30. The van der Waals surface area contributed by atoms with Crippen LogP contribution in [-0.2, 0) is 22.4 Å². The van der Waals surface area contributed by atoms with Crippen molar-refractivity contribution in [2.75, 3.05) is 5.32 Å². The molecule has 0 saturated carbocycles. The van der Waals surface area contributed by atoms with Crippen LogP contribution < -0.4 is 16.2 Å². The number of amides is 3. The topological polar surface area (TPSA) is 125 Å². The highest BCUT2D eigenvalue weighted by Gasteiger charge is 2.22. The number of aryl methyl sites for hydroxylation is 1. The summed E-state index contributed by atoms with van der Waals surface area (Å²) in [6.07, 6.45) is 3.89. The Balaban J connectivity index is 1.59. The van der Waals surface area contributed by atoms with E-state index in [1.165, 1.54) is 40.5 Å². The number of nitrogens with one attached hydrogen (secondary N) is 3. The average molecular weight is 387 g/mol. The SMILES string of the molecule is O=C(NNC(=O)c1csc2c1CCCC2)C(=O)Nc1ccccc1C(=O)O. The fraction of sp³-hybridized carbons (Fsp3) is 0.222. The Labute approximate surface area is 158 Å². The molecule has 8 nitrogen and oxygen atoms in total. The van der Waals surface area contributed by atoms with Gasteiger partial charge in [0.25, 0.3) is 5.91 Å². The lowest BCUT2D eigenvalue weighted by Crippen LogP contribution is -2.46. The van der Waals surface area contributed by atoms with Crippen LogP contribution in [0.3, 0.4) is 0 Å². The number of carboxylic acid groups (broad SMARTS) is 1. The van der Waals surface area contributed by atoms with Gasteiger partial charge in [-0.2, -0.15) is 0 Å². The molecular formula is C18H17N3O5S. The molecule has 2 aromatic rings. The summed E-state index contributed by atoms with van der Waals surface area (Å²) >= 11 is 1.52. The lowest BCUT2D eigenvalue weighted by atomic mass is 9.96. The third kappa shape index (κ3) is 4.14. The van der Waals surface area contributed by atoms with Crippen molar-refractivity contribution in [1.82, 2.24) is 10.9 Å². The van der Waals surface area contributed by atoms with Gasteiger partial charge in [-0.05, 0) is 43.4 Å². The second-order valence-corrected chi connectivity index (χ2v) is 6.94. The van der Waals surface area contributed by atoms with Crippen molar-refractivity contribution in [3.63, 3.8) is 0 Å². The molecule has 0 spiro atoms. The number of carbonyl (C=O) groups excluding carboxylic acids is 3. The number of benzene rings is 1. The molecule has 1 aromatic heterocycles. The van der Waals surface area contributed by atoms with E-state index in [1.54, 1.807) is 5.38 Å². The molecule has 4 N–H and O–H groups in total. The maximum atomic E-state index is 12.3. The van der Waals surface area contributed by atoms with E-state index >= 15 is 0 Å². The van der Waals surface area contributed by atoms with Gasteiger partial charge in [0.2, 0.25) is 0 Å². The van der Waals surface area contributed by atoms with E-state index in [2.05, 4.69) is 16.2 Å². The summed E-state index contributed by atoms with van der Waals surface area (Å²) in [6, 6.07) is 5.70. The summed E-state index contributed by atoms with van der Waals surface area (Å²) in [6.45, 7) is 0. The number of anilines is 1. The number of carboxylic acids is 1.